The van der Waals surface area contributed by atoms with E-state index in [1.807, 2.05) is 12.1 Å². The summed E-state index contributed by atoms with van der Waals surface area (Å²) in [5.74, 6) is -4.59. The van der Waals surface area contributed by atoms with Crippen LogP contribution in [-0.4, -0.2) is 53.9 Å². The number of hydrogen-bond donors (Lipinski definition) is 2. The summed E-state index contributed by atoms with van der Waals surface area (Å²) in [6, 6.07) is 6.99. The number of hydrogen-bond acceptors (Lipinski definition) is 3. The summed E-state index contributed by atoms with van der Waals surface area (Å²) < 4.78 is 39.5. The third kappa shape index (κ3) is 3.38. The summed E-state index contributed by atoms with van der Waals surface area (Å²) in [6.45, 7) is -0.191. The van der Waals surface area contributed by atoms with Gasteiger partial charge in [0.05, 0.1) is 23.2 Å². The lowest BCUT2D eigenvalue weighted by molar-refractivity contribution is -0.187. The first-order valence-corrected chi connectivity index (χ1v) is 9.45. The van der Waals surface area contributed by atoms with Crippen LogP contribution >= 0.6 is 0 Å². The van der Waals surface area contributed by atoms with Crippen molar-refractivity contribution in [2.45, 2.75) is 31.5 Å². The largest absolute Gasteiger partial charge is 0.481 e. The van der Waals surface area contributed by atoms with E-state index in [0.29, 0.717) is 17.6 Å². The first kappa shape index (κ1) is 18.9. The number of likely N-dealkylation sites (tertiary alicyclic amines) is 1. The van der Waals surface area contributed by atoms with Crippen LogP contribution in [0.1, 0.15) is 19.3 Å². The van der Waals surface area contributed by atoms with Crippen molar-refractivity contribution >= 4 is 23.4 Å². The number of halogens is 3. The van der Waals surface area contributed by atoms with Crippen LogP contribution in [0.2, 0.25) is 0 Å². The molecule has 0 aromatic heterocycles. The number of anilines is 2. The molecule has 1 aromatic rings. The number of nitrogens with zero attached hydrogens (tertiary/aromatic N) is 2. The van der Waals surface area contributed by atoms with Crippen LogP contribution in [0.5, 0.6) is 0 Å². The van der Waals surface area contributed by atoms with Gasteiger partial charge in [-0.05, 0) is 37.3 Å². The third-order valence-corrected chi connectivity index (χ3v) is 6.21. The van der Waals surface area contributed by atoms with Crippen molar-refractivity contribution in [3.63, 3.8) is 0 Å². The second kappa shape index (κ2) is 6.86. The van der Waals surface area contributed by atoms with E-state index >= 15 is 0 Å². The van der Waals surface area contributed by atoms with Gasteiger partial charge in [0.25, 0.3) is 0 Å². The maximum atomic E-state index is 13.2. The van der Waals surface area contributed by atoms with Gasteiger partial charge in [-0.2, -0.15) is 13.2 Å². The molecule has 2 bridgehead atoms. The Morgan fingerprint density at radius 1 is 1.11 bits per heavy atom. The first-order valence-electron chi connectivity index (χ1n) is 9.45. The Balaban J connectivity index is 1.50. The molecule has 2 heterocycles. The monoisotopic (exact) mass is 397 g/mol. The highest BCUT2D eigenvalue weighted by atomic mass is 19.4. The molecule has 2 unspecified atom stereocenters. The lowest BCUT2D eigenvalue weighted by Gasteiger charge is -2.31. The standard InChI is InChI=1S/C19H22F3N3O3/c20-19(21,22)14-10-24(9-13(14)17(26)27)18(28)23-15-3-1-2-4-16(15)25-8-11-5-6-12(25)7-11/h1-4,11-14H,5-10H2,(H,23,28)(H,26,27)/t11?,12?,13-,14-/m1/s1. The SMILES string of the molecule is O=C(O)[C@@H]1CN(C(=O)Nc2ccccc2N2CC3CCC2C3)C[C@H]1C(F)(F)F. The number of aliphatic carboxylic acids is 1. The van der Waals surface area contributed by atoms with Gasteiger partial charge in [-0.15, -0.1) is 0 Å². The molecule has 1 aliphatic carbocycles. The van der Waals surface area contributed by atoms with E-state index in [9.17, 15) is 22.8 Å². The fourth-order valence-electron chi connectivity index (χ4n) is 4.80. The van der Waals surface area contributed by atoms with Gasteiger partial charge in [0, 0.05) is 25.7 Å². The van der Waals surface area contributed by atoms with E-state index in [2.05, 4.69) is 10.2 Å². The number of nitrogens with one attached hydrogen (secondary N) is 1. The normalized spacial score (nSPS) is 29.4. The molecule has 1 aromatic carbocycles. The molecule has 152 valence electrons. The van der Waals surface area contributed by atoms with Crippen LogP contribution in [0.4, 0.5) is 29.3 Å². The highest BCUT2D eigenvalue weighted by molar-refractivity contribution is 5.94. The Morgan fingerprint density at radius 3 is 2.43 bits per heavy atom. The molecule has 3 aliphatic rings. The second-order valence-electron chi connectivity index (χ2n) is 7.93. The molecule has 9 heteroatoms. The number of fused-ring (bicyclic) bond motifs is 2. The minimum atomic E-state index is -4.66. The number of alkyl halides is 3. The molecule has 4 rings (SSSR count). The van der Waals surface area contributed by atoms with Gasteiger partial charge < -0.3 is 20.2 Å². The van der Waals surface area contributed by atoms with Gasteiger partial charge in [0.15, 0.2) is 0 Å². The summed E-state index contributed by atoms with van der Waals surface area (Å²) in [4.78, 5) is 27.0. The predicted octanol–water partition coefficient (Wildman–Crippen LogP) is 3.40. The lowest BCUT2D eigenvalue weighted by atomic mass is 9.96. The number of carbonyl (C=O) groups is 2. The molecular weight excluding hydrogens is 375 g/mol. The van der Waals surface area contributed by atoms with E-state index < -0.39 is 43.1 Å². The van der Waals surface area contributed by atoms with Crippen molar-refractivity contribution in [3.8, 4) is 0 Å². The first-order chi connectivity index (χ1) is 13.2. The van der Waals surface area contributed by atoms with Gasteiger partial charge in [-0.1, -0.05) is 12.1 Å². The number of carboxylic acids is 1. The van der Waals surface area contributed by atoms with Crippen molar-refractivity contribution < 1.29 is 27.9 Å². The van der Waals surface area contributed by atoms with Gasteiger partial charge in [0.2, 0.25) is 0 Å². The molecule has 0 radical (unpaired) electrons. The molecule has 0 spiro atoms. The van der Waals surface area contributed by atoms with Crippen LogP contribution in [0.25, 0.3) is 0 Å². The minimum Gasteiger partial charge on any atom is -0.481 e. The molecule has 2 N–H and O–H groups in total. The zero-order chi connectivity index (χ0) is 20.1. The summed E-state index contributed by atoms with van der Waals surface area (Å²) in [5, 5.41) is 11.8. The molecule has 6 nitrogen and oxygen atoms in total. The van der Waals surface area contributed by atoms with Gasteiger partial charge in [-0.3, -0.25) is 4.79 Å². The number of para-hydroxylation sites is 2. The van der Waals surface area contributed by atoms with Crippen LogP contribution in [0.3, 0.4) is 0 Å². The molecule has 1 saturated carbocycles. The molecule has 2 aliphatic heterocycles. The Labute approximate surface area is 160 Å². The van der Waals surface area contributed by atoms with Crippen molar-refractivity contribution in [1.82, 2.24) is 4.90 Å². The predicted molar refractivity (Wildman–Crippen MR) is 96.2 cm³/mol. The summed E-state index contributed by atoms with van der Waals surface area (Å²) >= 11 is 0. The second-order valence-corrected chi connectivity index (χ2v) is 7.93. The van der Waals surface area contributed by atoms with Crippen molar-refractivity contribution in [3.05, 3.63) is 24.3 Å². The van der Waals surface area contributed by atoms with E-state index in [4.69, 9.17) is 5.11 Å². The smallest absolute Gasteiger partial charge is 0.394 e. The van der Waals surface area contributed by atoms with Gasteiger partial charge in [-0.25, -0.2) is 4.79 Å². The zero-order valence-corrected chi connectivity index (χ0v) is 15.2. The topological polar surface area (TPSA) is 72.9 Å². The van der Waals surface area contributed by atoms with Crippen LogP contribution < -0.4 is 10.2 Å². The summed E-state index contributed by atoms with van der Waals surface area (Å²) in [5.41, 5.74) is 1.41. The summed E-state index contributed by atoms with van der Waals surface area (Å²) in [6.07, 6.45) is -1.22. The Bertz CT molecular complexity index is 785. The summed E-state index contributed by atoms with van der Waals surface area (Å²) in [7, 11) is 0. The molecule has 2 amide bonds. The molecule has 3 fully saturated rings. The van der Waals surface area contributed by atoms with E-state index in [1.54, 1.807) is 12.1 Å². The Kier molecular flexibility index (Phi) is 4.63. The highest BCUT2D eigenvalue weighted by Gasteiger charge is 2.53. The van der Waals surface area contributed by atoms with Crippen molar-refractivity contribution in [2.75, 3.05) is 29.9 Å². The number of amides is 2. The average Bonchev–Trinajstić information content (AvgIpc) is 3.36. The third-order valence-electron chi connectivity index (χ3n) is 6.21. The minimum absolute atomic E-state index is 0.431. The van der Waals surface area contributed by atoms with Gasteiger partial charge in [0.1, 0.15) is 0 Å². The molecule has 4 atom stereocenters. The molecule has 2 saturated heterocycles. The molecular formula is C19H22F3N3O3. The van der Waals surface area contributed by atoms with Gasteiger partial charge >= 0.3 is 18.2 Å². The quantitative estimate of drug-likeness (QED) is 0.820. The number of rotatable bonds is 3. The fourth-order valence-corrected chi connectivity index (χ4v) is 4.80. The lowest BCUT2D eigenvalue weighted by Crippen LogP contribution is -2.36. The number of piperidine rings is 1. The zero-order valence-electron chi connectivity index (χ0n) is 15.2. The number of carbonyl (C=O) groups excluding carboxylic acids is 1. The number of benzene rings is 1. The number of urea groups is 1. The van der Waals surface area contributed by atoms with E-state index in [-0.39, 0.29) is 0 Å². The maximum Gasteiger partial charge on any atom is 0.394 e. The maximum absolute atomic E-state index is 13.2. The van der Waals surface area contributed by atoms with Crippen LogP contribution in [0, 0.1) is 17.8 Å². The van der Waals surface area contributed by atoms with Crippen molar-refractivity contribution in [1.29, 1.82) is 0 Å². The average molecular weight is 397 g/mol. The van der Waals surface area contributed by atoms with Crippen molar-refractivity contribution in [2.24, 2.45) is 17.8 Å². The Morgan fingerprint density at radius 2 is 1.86 bits per heavy atom. The van der Waals surface area contributed by atoms with Crippen LogP contribution in [-0.2, 0) is 4.79 Å². The van der Waals surface area contributed by atoms with Crippen LogP contribution in [0.15, 0.2) is 24.3 Å². The Hall–Kier alpha value is -2.45. The number of carboxylic acid groups (broad SMARTS) is 1. The highest BCUT2D eigenvalue weighted by Crippen LogP contribution is 2.43. The molecule has 28 heavy (non-hydrogen) atoms. The van der Waals surface area contributed by atoms with E-state index in [1.165, 1.54) is 6.42 Å². The fraction of sp³-hybridized carbons (Fsp3) is 0.579. The van der Waals surface area contributed by atoms with E-state index in [0.717, 1.165) is 30.0 Å².